The Labute approximate surface area is 135 Å². The number of rotatable bonds is 2. The molecule has 2 saturated heterocycles. The second kappa shape index (κ2) is 6.42. The predicted octanol–water partition coefficient (Wildman–Crippen LogP) is 3.09. The minimum absolute atomic E-state index is 0.293. The molecule has 23 heavy (non-hydrogen) atoms. The third kappa shape index (κ3) is 4.25. The van der Waals surface area contributed by atoms with E-state index < -0.39 is 18.3 Å². The van der Waals surface area contributed by atoms with Crippen LogP contribution in [0.4, 0.5) is 13.2 Å². The third-order valence-corrected chi connectivity index (χ3v) is 4.80. The van der Waals surface area contributed by atoms with E-state index in [1.165, 1.54) is 4.90 Å². The molecule has 2 aliphatic heterocycles. The van der Waals surface area contributed by atoms with Gasteiger partial charge in [0.15, 0.2) is 0 Å². The van der Waals surface area contributed by atoms with Crippen molar-refractivity contribution >= 4 is 0 Å². The quantitative estimate of drug-likeness (QED) is 0.830. The summed E-state index contributed by atoms with van der Waals surface area (Å²) >= 11 is 0. The van der Waals surface area contributed by atoms with Gasteiger partial charge in [0.2, 0.25) is 0 Å². The molecule has 0 bridgehead atoms. The maximum atomic E-state index is 12.9. The lowest BCUT2D eigenvalue weighted by Crippen LogP contribution is -2.58. The van der Waals surface area contributed by atoms with Gasteiger partial charge in [0.1, 0.15) is 0 Å². The van der Waals surface area contributed by atoms with Crippen molar-refractivity contribution in [2.45, 2.75) is 30.7 Å². The first kappa shape index (κ1) is 16.7. The molecule has 3 nitrogen and oxygen atoms in total. The van der Waals surface area contributed by atoms with Crippen LogP contribution in [-0.4, -0.2) is 61.3 Å². The Morgan fingerprint density at radius 1 is 1.17 bits per heavy atom. The van der Waals surface area contributed by atoms with E-state index >= 15 is 0 Å². The van der Waals surface area contributed by atoms with Gasteiger partial charge in [-0.2, -0.15) is 13.2 Å². The highest BCUT2D eigenvalue weighted by atomic mass is 19.4. The Bertz CT molecular complexity index is 512. The first-order chi connectivity index (χ1) is 10.9. The molecule has 1 unspecified atom stereocenters. The Morgan fingerprint density at radius 2 is 1.83 bits per heavy atom. The van der Waals surface area contributed by atoms with Gasteiger partial charge in [-0.05, 0) is 25.5 Å². The number of ether oxygens (including phenoxy) is 1. The van der Waals surface area contributed by atoms with Crippen LogP contribution in [0.5, 0.6) is 0 Å². The number of morpholine rings is 1. The second-order valence-electron chi connectivity index (χ2n) is 6.79. The average Bonchev–Trinajstić information content (AvgIpc) is 2.49. The molecule has 0 radical (unpaired) electrons. The molecule has 2 aliphatic rings. The number of likely N-dealkylation sites (tertiary alicyclic amines) is 1. The van der Waals surface area contributed by atoms with Crippen LogP contribution < -0.4 is 0 Å². The Hall–Kier alpha value is -1.11. The molecule has 2 heterocycles. The molecular formula is C17H23F3N2O. The maximum Gasteiger partial charge on any atom is 0.401 e. The molecule has 6 heteroatoms. The molecule has 128 valence electrons. The van der Waals surface area contributed by atoms with Crippen LogP contribution in [0.1, 0.15) is 24.5 Å². The largest absolute Gasteiger partial charge is 0.401 e. The first-order valence-corrected chi connectivity index (χ1v) is 8.06. The van der Waals surface area contributed by atoms with Crippen molar-refractivity contribution in [1.82, 2.24) is 9.80 Å². The Balaban J connectivity index is 1.80. The molecule has 0 aliphatic carbocycles. The molecule has 2 fully saturated rings. The predicted molar refractivity (Wildman–Crippen MR) is 82.2 cm³/mol. The van der Waals surface area contributed by atoms with Crippen molar-refractivity contribution in [2.24, 2.45) is 0 Å². The summed E-state index contributed by atoms with van der Waals surface area (Å²) in [6.07, 6.45) is -2.91. The summed E-state index contributed by atoms with van der Waals surface area (Å²) in [5.74, 6) is 0. The second-order valence-corrected chi connectivity index (χ2v) is 6.79. The average molecular weight is 328 g/mol. The van der Waals surface area contributed by atoms with E-state index in [2.05, 4.69) is 4.90 Å². The number of alkyl halides is 3. The normalized spacial score (nSPS) is 26.5. The van der Waals surface area contributed by atoms with Crippen LogP contribution in [0.15, 0.2) is 30.3 Å². The van der Waals surface area contributed by atoms with E-state index in [1.54, 1.807) is 0 Å². The number of benzene rings is 1. The van der Waals surface area contributed by atoms with Crippen LogP contribution in [-0.2, 0) is 4.74 Å². The Kier molecular flexibility index (Phi) is 4.67. The number of nitrogens with zero attached hydrogens (tertiary/aromatic N) is 2. The zero-order valence-electron chi connectivity index (χ0n) is 13.4. The van der Waals surface area contributed by atoms with Crippen molar-refractivity contribution in [3.8, 4) is 0 Å². The number of halogens is 3. The monoisotopic (exact) mass is 328 g/mol. The summed E-state index contributed by atoms with van der Waals surface area (Å²) < 4.78 is 45.0. The third-order valence-electron chi connectivity index (χ3n) is 4.80. The van der Waals surface area contributed by atoms with E-state index in [1.807, 2.05) is 37.4 Å². The fourth-order valence-electron chi connectivity index (χ4n) is 3.60. The van der Waals surface area contributed by atoms with Gasteiger partial charge in [-0.1, -0.05) is 30.3 Å². The number of hydrogen-bond acceptors (Lipinski definition) is 3. The van der Waals surface area contributed by atoms with Gasteiger partial charge in [-0.15, -0.1) is 0 Å². The van der Waals surface area contributed by atoms with Crippen molar-refractivity contribution < 1.29 is 17.9 Å². The molecule has 0 aromatic heterocycles. The van der Waals surface area contributed by atoms with Crippen LogP contribution in [0, 0.1) is 0 Å². The lowest BCUT2D eigenvalue weighted by atomic mass is 9.88. The minimum Gasteiger partial charge on any atom is -0.364 e. The highest BCUT2D eigenvalue weighted by Crippen LogP contribution is 2.38. The standard InChI is InChI=1S/C17H23F3N2O/c1-21-9-7-16(8-10-21)12-22(13-17(18,19)20)11-15(23-16)14-5-3-2-4-6-14/h2-6,15H,7-13H2,1H3. The topological polar surface area (TPSA) is 15.7 Å². The SMILES string of the molecule is CN1CCC2(CC1)CN(CC(F)(F)F)CC(c1ccccc1)O2. The van der Waals surface area contributed by atoms with Crippen molar-refractivity contribution in [1.29, 1.82) is 0 Å². The van der Waals surface area contributed by atoms with Gasteiger partial charge in [-0.3, -0.25) is 4.90 Å². The fourth-order valence-corrected chi connectivity index (χ4v) is 3.60. The molecule has 3 rings (SSSR count). The van der Waals surface area contributed by atoms with Crippen LogP contribution in [0.2, 0.25) is 0 Å². The van der Waals surface area contributed by atoms with Crippen LogP contribution in [0.3, 0.4) is 0 Å². The van der Waals surface area contributed by atoms with E-state index in [0.29, 0.717) is 13.1 Å². The smallest absolute Gasteiger partial charge is 0.364 e. The lowest BCUT2D eigenvalue weighted by Gasteiger charge is -2.49. The van der Waals surface area contributed by atoms with Gasteiger partial charge in [0, 0.05) is 26.2 Å². The summed E-state index contributed by atoms with van der Waals surface area (Å²) in [5, 5.41) is 0. The molecule has 1 atom stereocenters. The molecular weight excluding hydrogens is 305 g/mol. The van der Waals surface area contributed by atoms with E-state index in [4.69, 9.17) is 4.74 Å². The lowest BCUT2D eigenvalue weighted by molar-refractivity contribution is -0.206. The zero-order chi connectivity index (χ0) is 16.5. The van der Waals surface area contributed by atoms with Gasteiger partial charge in [-0.25, -0.2) is 0 Å². The summed E-state index contributed by atoms with van der Waals surface area (Å²) in [7, 11) is 2.04. The van der Waals surface area contributed by atoms with Crippen LogP contribution in [0.25, 0.3) is 0 Å². The highest BCUT2D eigenvalue weighted by molar-refractivity contribution is 5.19. The summed E-state index contributed by atoms with van der Waals surface area (Å²) in [6, 6.07) is 9.59. The summed E-state index contributed by atoms with van der Waals surface area (Å²) in [4.78, 5) is 3.72. The van der Waals surface area contributed by atoms with Crippen molar-refractivity contribution in [2.75, 3.05) is 39.8 Å². The summed E-state index contributed by atoms with van der Waals surface area (Å²) in [6.45, 7) is 1.52. The molecule has 0 amide bonds. The number of piperidine rings is 1. The molecule has 1 spiro atoms. The molecule has 1 aromatic carbocycles. The van der Waals surface area contributed by atoms with Gasteiger partial charge < -0.3 is 9.64 Å². The fraction of sp³-hybridized carbons (Fsp3) is 0.647. The van der Waals surface area contributed by atoms with E-state index in [9.17, 15) is 13.2 Å². The molecule has 0 saturated carbocycles. The van der Waals surface area contributed by atoms with E-state index in [0.717, 1.165) is 31.5 Å². The number of hydrogen-bond donors (Lipinski definition) is 0. The van der Waals surface area contributed by atoms with Crippen molar-refractivity contribution in [3.63, 3.8) is 0 Å². The molecule has 1 aromatic rings. The first-order valence-electron chi connectivity index (χ1n) is 8.06. The van der Waals surface area contributed by atoms with E-state index in [-0.39, 0.29) is 6.10 Å². The molecule has 0 N–H and O–H groups in total. The maximum absolute atomic E-state index is 12.9. The van der Waals surface area contributed by atoms with Gasteiger partial charge >= 0.3 is 6.18 Å². The summed E-state index contributed by atoms with van der Waals surface area (Å²) in [5.41, 5.74) is 0.494. The van der Waals surface area contributed by atoms with Gasteiger partial charge in [0.05, 0.1) is 18.2 Å². The van der Waals surface area contributed by atoms with Gasteiger partial charge in [0.25, 0.3) is 0 Å². The minimum atomic E-state index is -4.18. The Morgan fingerprint density at radius 3 is 2.43 bits per heavy atom. The zero-order valence-corrected chi connectivity index (χ0v) is 13.4. The van der Waals surface area contributed by atoms with Crippen LogP contribution >= 0.6 is 0 Å². The van der Waals surface area contributed by atoms with Crippen molar-refractivity contribution in [3.05, 3.63) is 35.9 Å². The highest BCUT2D eigenvalue weighted by Gasteiger charge is 2.45.